The van der Waals surface area contributed by atoms with Gasteiger partial charge in [0.15, 0.2) is 0 Å². The van der Waals surface area contributed by atoms with Crippen molar-refractivity contribution in [3.63, 3.8) is 0 Å². The first-order valence-electron chi connectivity index (χ1n) is 8.54. The number of hydrogen-bond acceptors (Lipinski definition) is 3. The molecule has 1 unspecified atom stereocenters. The van der Waals surface area contributed by atoms with Gasteiger partial charge in [0, 0.05) is 17.9 Å². The quantitative estimate of drug-likeness (QED) is 0.657. The highest BCUT2D eigenvalue weighted by molar-refractivity contribution is 5.18. The first-order chi connectivity index (χ1) is 10.2. The van der Waals surface area contributed by atoms with Crippen molar-refractivity contribution in [1.82, 2.24) is 10.4 Å². The van der Waals surface area contributed by atoms with Gasteiger partial charge in [0.2, 0.25) is 0 Å². The fourth-order valence-corrected chi connectivity index (χ4v) is 5.93. The first kappa shape index (κ1) is 13.7. The topological polar surface area (TPSA) is 50.9 Å². The standard InChI is InChI=1S/C18H27N3/c1-12-2-3-16(11-20-12)17(21-19)10-18-7-13-4-14(8-18)6-15(5-13)9-18/h2-3,11,13-15,17,21H,4-10,19H2,1H3. The number of nitrogens with one attached hydrogen (secondary N) is 1. The van der Waals surface area contributed by atoms with E-state index >= 15 is 0 Å². The summed E-state index contributed by atoms with van der Waals surface area (Å²) in [6.07, 6.45) is 12.0. The molecule has 0 aromatic carbocycles. The predicted molar refractivity (Wildman–Crippen MR) is 84.3 cm³/mol. The second-order valence-corrected chi connectivity index (χ2v) is 8.07. The number of hydrogen-bond donors (Lipinski definition) is 2. The highest BCUT2D eigenvalue weighted by atomic mass is 15.2. The van der Waals surface area contributed by atoms with Crippen LogP contribution in [0.5, 0.6) is 0 Å². The molecule has 0 spiro atoms. The van der Waals surface area contributed by atoms with Crippen molar-refractivity contribution >= 4 is 0 Å². The van der Waals surface area contributed by atoms with Gasteiger partial charge in [-0.3, -0.25) is 16.3 Å². The van der Waals surface area contributed by atoms with Crippen molar-refractivity contribution in [3.8, 4) is 0 Å². The molecule has 21 heavy (non-hydrogen) atoms. The zero-order valence-corrected chi connectivity index (χ0v) is 13.0. The van der Waals surface area contributed by atoms with E-state index in [1.54, 1.807) is 0 Å². The summed E-state index contributed by atoms with van der Waals surface area (Å²) in [5.74, 6) is 8.91. The van der Waals surface area contributed by atoms with Gasteiger partial charge in [-0.15, -0.1) is 0 Å². The third kappa shape index (κ3) is 2.51. The molecule has 1 heterocycles. The second kappa shape index (κ2) is 5.06. The Labute approximate surface area is 127 Å². The molecule has 0 radical (unpaired) electrons. The number of hydrazine groups is 1. The third-order valence-corrected chi connectivity index (χ3v) is 6.34. The fraction of sp³-hybridized carbons (Fsp3) is 0.722. The van der Waals surface area contributed by atoms with Crippen LogP contribution in [0.2, 0.25) is 0 Å². The molecule has 5 rings (SSSR count). The average molecular weight is 285 g/mol. The lowest BCUT2D eigenvalue weighted by Gasteiger charge is -2.57. The van der Waals surface area contributed by atoms with E-state index in [4.69, 9.17) is 5.84 Å². The Morgan fingerprint density at radius 2 is 1.81 bits per heavy atom. The molecule has 0 amide bonds. The van der Waals surface area contributed by atoms with E-state index in [2.05, 4.69) is 22.5 Å². The van der Waals surface area contributed by atoms with Crippen molar-refractivity contribution in [2.75, 3.05) is 0 Å². The summed E-state index contributed by atoms with van der Waals surface area (Å²) in [6, 6.07) is 4.54. The van der Waals surface area contributed by atoms with Crippen LogP contribution in [0.25, 0.3) is 0 Å². The zero-order valence-electron chi connectivity index (χ0n) is 13.0. The van der Waals surface area contributed by atoms with Gasteiger partial charge in [-0.05, 0) is 86.7 Å². The van der Waals surface area contributed by atoms with Crippen LogP contribution in [0.3, 0.4) is 0 Å². The summed E-state index contributed by atoms with van der Waals surface area (Å²) in [5, 5.41) is 0. The summed E-state index contributed by atoms with van der Waals surface area (Å²) in [6.45, 7) is 2.04. The van der Waals surface area contributed by atoms with Crippen LogP contribution in [0.4, 0.5) is 0 Å². The number of aromatic nitrogens is 1. The molecule has 1 aromatic heterocycles. The second-order valence-electron chi connectivity index (χ2n) is 8.07. The van der Waals surface area contributed by atoms with E-state index in [9.17, 15) is 0 Å². The van der Waals surface area contributed by atoms with Gasteiger partial charge >= 0.3 is 0 Å². The molecule has 3 heteroatoms. The summed E-state index contributed by atoms with van der Waals surface area (Å²) in [7, 11) is 0. The summed E-state index contributed by atoms with van der Waals surface area (Å²) >= 11 is 0. The van der Waals surface area contributed by atoms with Crippen molar-refractivity contribution in [2.24, 2.45) is 29.0 Å². The van der Waals surface area contributed by atoms with Crippen LogP contribution in [0.15, 0.2) is 18.3 Å². The van der Waals surface area contributed by atoms with Gasteiger partial charge in [0.25, 0.3) is 0 Å². The normalized spacial score (nSPS) is 38.7. The maximum atomic E-state index is 5.89. The minimum atomic E-state index is 0.259. The molecule has 114 valence electrons. The van der Waals surface area contributed by atoms with Gasteiger partial charge < -0.3 is 0 Å². The first-order valence-corrected chi connectivity index (χ1v) is 8.54. The highest BCUT2D eigenvalue weighted by Crippen LogP contribution is 2.62. The van der Waals surface area contributed by atoms with Crippen molar-refractivity contribution in [1.29, 1.82) is 0 Å². The molecule has 4 saturated carbocycles. The lowest BCUT2D eigenvalue weighted by Crippen LogP contribution is -2.48. The van der Waals surface area contributed by atoms with Gasteiger partial charge in [-0.1, -0.05) is 6.07 Å². The van der Waals surface area contributed by atoms with Crippen LogP contribution in [-0.2, 0) is 0 Å². The summed E-state index contributed by atoms with van der Waals surface area (Å²) in [5.41, 5.74) is 5.95. The van der Waals surface area contributed by atoms with Crippen molar-refractivity contribution in [3.05, 3.63) is 29.6 Å². The lowest BCUT2D eigenvalue weighted by atomic mass is 9.48. The molecule has 3 nitrogen and oxygen atoms in total. The van der Waals surface area contributed by atoms with E-state index in [0.717, 1.165) is 23.4 Å². The Balaban J connectivity index is 1.55. The van der Waals surface area contributed by atoms with Crippen molar-refractivity contribution < 1.29 is 0 Å². The van der Waals surface area contributed by atoms with Gasteiger partial charge in [0.05, 0.1) is 0 Å². The molecule has 4 aliphatic rings. The molecule has 3 N–H and O–H groups in total. The number of rotatable bonds is 4. The average Bonchev–Trinajstić information content (AvgIpc) is 2.44. The molecule has 4 fully saturated rings. The number of aryl methyl sites for hydroxylation is 1. The molecule has 4 aliphatic carbocycles. The smallest absolute Gasteiger partial charge is 0.0480 e. The zero-order chi connectivity index (χ0) is 14.4. The molecule has 1 atom stereocenters. The van der Waals surface area contributed by atoms with Crippen LogP contribution in [-0.4, -0.2) is 4.98 Å². The Morgan fingerprint density at radius 3 is 2.29 bits per heavy atom. The monoisotopic (exact) mass is 285 g/mol. The fourth-order valence-electron chi connectivity index (χ4n) is 5.93. The molecule has 4 bridgehead atoms. The molecular weight excluding hydrogens is 258 g/mol. The van der Waals surface area contributed by atoms with Crippen LogP contribution in [0, 0.1) is 30.1 Å². The SMILES string of the molecule is Cc1ccc(C(CC23CC4CC(CC(C4)C2)C3)NN)cn1. The number of nitrogens with zero attached hydrogens (tertiary/aromatic N) is 1. The summed E-state index contributed by atoms with van der Waals surface area (Å²) in [4.78, 5) is 4.45. The third-order valence-electron chi connectivity index (χ3n) is 6.34. The lowest BCUT2D eigenvalue weighted by molar-refractivity contribution is -0.0623. The van der Waals surface area contributed by atoms with Crippen LogP contribution in [0.1, 0.15) is 62.2 Å². The van der Waals surface area contributed by atoms with E-state index in [1.807, 2.05) is 13.1 Å². The molecule has 1 aromatic rings. The minimum absolute atomic E-state index is 0.259. The van der Waals surface area contributed by atoms with Crippen LogP contribution >= 0.6 is 0 Å². The number of pyridine rings is 1. The highest BCUT2D eigenvalue weighted by Gasteiger charge is 2.51. The van der Waals surface area contributed by atoms with Crippen molar-refractivity contribution in [2.45, 2.75) is 57.9 Å². The maximum absolute atomic E-state index is 5.89. The predicted octanol–water partition coefficient (Wildman–Crippen LogP) is 3.50. The summed E-state index contributed by atoms with van der Waals surface area (Å²) < 4.78 is 0. The van der Waals surface area contributed by atoms with E-state index in [0.29, 0.717) is 5.41 Å². The van der Waals surface area contributed by atoms with Gasteiger partial charge in [-0.2, -0.15) is 0 Å². The van der Waals surface area contributed by atoms with E-state index < -0.39 is 0 Å². The number of nitrogens with two attached hydrogens (primary N) is 1. The Morgan fingerprint density at radius 1 is 1.19 bits per heavy atom. The van der Waals surface area contributed by atoms with E-state index in [-0.39, 0.29) is 6.04 Å². The van der Waals surface area contributed by atoms with Gasteiger partial charge in [-0.25, -0.2) is 0 Å². The van der Waals surface area contributed by atoms with Gasteiger partial charge in [0.1, 0.15) is 0 Å². The maximum Gasteiger partial charge on any atom is 0.0480 e. The molecule has 0 saturated heterocycles. The minimum Gasteiger partial charge on any atom is -0.271 e. The Hall–Kier alpha value is -0.930. The molecular formula is C18H27N3. The van der Waals surface area contributed by atoms with E-state index in [1.165, 1.54) is 50.5 Å². The van der Waals surface area contributed by atoms with Crippen LogP contribution < -0.4 is 11.3 Å². The Kier molecular flexibility index (Phi) is 3.31. The largest absolute Gasteiger partial charge is 0.271 e. The molecule has 0 aliphatic heterocycles. The Bertz CT molecular complexity index is 472.